The summed E-state index contributed by atoms with van der Waals surface area (Å²) in [5.74, 6) is -3.47. The van der Waals surface area contributed by atoms with Gasteiger partial charge in [0.2, 0.25) is 0 Å². The molecule has 160 valence electrons. The van der Waals surface area contributed by atoms with Crippen LogP contribution in [0.15, 0.2) is 59.3 Å². The van der Waals surface area contributed by atoms with E-state index < -0.39 is 23.4 Å². The Morgan fingerprint density at radius 3 is 2.65 bits per heavy atom. The first-order valence-corrected chi connectivity index (χ1v) is 10.8. The zero-order valence-electron chi connectivity index (χ0n) is 16.6. The third-order valence-electron chi connectivity index (χ3n) is 5.37. The fraction of sp³-hybridized carbons (Fsp3) is 0.217. The Kier molecular flexibility index (Phi) is 6.39. The van der Waals surface area contributed by atoms with Crippen molar-refractivity contribution in [3.8, 4) is 0 Å². The number of halogens is 2. The van der Waals surface area contributed by atoms with Crippen LogP contribution in [0, 0.1) is 11.6 Å². The fourth-order valence-electron chi connectivity index (χ4n) is 3.75. The lowest BCUT2D eigenvalue weighted by atomic mass is 9.97. The van der Waals surface area contributed by atoms with Gasteiger partial charge in [0.05, 0.1) is 11.7 Å². The SMILES string of the molecule is O=C(NC[C@H](c1ccsc1)N1CCc2ccccc2C1)C(=O)Nc1cc(F)ccc1F. The lowest BCUT2D eigenvalue weighted by molar-refractivity contribution is -0.136. The van der Waals surface area contributed by atoms with Gasteiger partial charge in [0.1, 0.15) is 11.6 Å². The third-order valence-corrected chi connectivity index (χ3v) is 6.07. The van der Waals surface area contributed by atoms with E-state index in [2.05, 4.69) is 27.7 Å². The molecule has 1 aliphatic rings. The number of fused-ring (bicyclic) bond motifs is 1. The molecule has 2 N–H and O–H groups in total. The van der Waals surface area contributed by atoms with Crippen molar-refractivity contribution in [2.45, 2.75) is 19.0 Å². The van der Waals surface area contributed by atoms with Crippen LogP contribution in [0.4, 0.5) is 14.5 Å². The molecule has 4 rings (SSSR count). The van der Waals surface area contributed by atoms with Crippen LogP contribution in [0.1, 0.15) is 22.7 Å². The second-order valence-corrected chi connectivity index (χ2v) is 8.13. The number of rotatable bonds is 5. The minimum Gasteiger partial charge on any atom is -0.346 e. The van der Waals surface area contributed by atoms with Gasteiger partial charge in [-0.2, -0.15) is 11.3 Å². The highest BCUT2D eigenvalue weighted by Crippen LogP contribution is 2.28. The van der Waals surface area contributed by atoms with Crippen molar-refractivity contribution in [2.24, 2.45) is 0 Å². The van der Waals surface area contributed by atoms with Gasteiger partial charge in [-0.15, -0.1) is 0 Å². The summed E-state index contributed by atoms with van der Waals surface area (Å²) in [7, 11) is 0. The molecule has 0 fully saturated rings. The average molecular weight is 442 g/mol. The van der Waals surface area contributed by atoms with Gasteiger partial charge in [-0.25, -0.2) is 8.78 Å². The molecule has 0 saturated heterocycles. The summed E-state index contributed by atoms with van der Waals surface area (Å²) < 4.78 is 27.0. The van der Waals surface area contributed by atoms with Crippen LogP contribution in [-0.4, -0.2) is 29.8 Å². The Hall–Kier alpha value is -3.10. The molecule has 1 atom stereocenters. The van der Waals surface area contributed by atoms with Crippen LogP contribution in [0.3, 0.4) is 0 Å². The minimum absolute atomic E-state index is 0.109. The molecular weight excluding hydrogens is 420 g/mol. The van der Waals surface area contributed by atoms with Crippen LogP contribution < -0.4 is 10.6 Å². The summed E-state index contributed by atoms with van der Waals surface area (Å²) in [6.45, 7) is 1.79. The number of carbonyl (C=O) groups excluding carboxylic acids is 2. The Balaban J connectivity index is 1.43. The van der Waals surface area contributed by atoms with Gasteiger partial charge in [-0.3, -0.25) is 14.5 Å². The van der Waals surface area contributed by atoms with Crippen molar-refractivity contribution in [2.75, 3.05) is 18.4 Å². The van der Waals surface area contributed by atoms with Crippen molar-refractivity contribution < 1.29 is 18.4 Å². The minimum atomic E-state index is -1.04. The number of hydrogen-bond donors (Lipinski definition) is 2. The maximum atomic E-state index is 13.7. The normalized spacial score (nSPS) is 14.5. The smallest absolute Gasteiger partial charge is 0.313 e. The van der Waals surface area contributed by atoms with Crippen molar-refractivity contribution in [1.82, 2.24) is 10.2 Å². The zero-order valence-corrected chi connectivity index (χ0v) is 17.4. The first kappa shape index (κ1) is 21.1. The maximum absolute atomic E-state index is 13.7. The fourth-order valence-corrected chi connectivity index (χ4v) is 4.46. The van der Waals surface area contributed by atoms with E-state index in [1.807, 2.05) is 29.0 Å². The summed E-state index contributed by atoms with van der Waals surface area (Å²) >= 11 is 1.57. The molecule has 31 heavy (non-hydrogen) atoms. The predicted molar refractivity (Wildman–Crippen MR) is 116 cm³/mol. The lowest BCUT2D eigenvalue weighted by Crippen LogP contribution is -2.43. The second-order valence-electron chi connectivity index (χ2n) is 7.35. The van der Waals surface area contributed by atoms with E-state index in [4.69, 9.17) is 0 Å². The summed E-state index contributed by atoms with van der Waals surface area (Å²) in [6.07, 6.45) is 0.907. The van der Waals surface area contributed by atoms with E-state index in [0.717, 1.165) is 43.3 Å². The van der Waals surface area contributed by atoms with E-state index in [1.165, 1.54) is 11.1 Å². The van der Waals surface area contributed by atoms with E-state index >= 15 is 0 Å². The molecular formula is C23H21F2N3O2S. The van der Waals surface area contributed by atoms with Crippen molar-refractivity contribution in [3.63, 3.8) is 0 Å². The molecule has 3 aromatic rings. The Labute approximate surface area is 182 Å². The Morgan fingerprint density at radius 1 is 1.06 bits per heavy atom. The molecule has 8 heteroatoms. The topological polar surface area (TPSA) is 61.4 Å². The number of nitrogens with zero attached hydrogens (tertiary/aromatic N) is 1. The number of benzene rings is 2. The van der Waals surface area contributed by atoms with Gasteiger partial charge in [-0.1, -0.05) is 24.3 Å². The maximum Gasteiger partial charge on any atom is 0.313 e. The molecule has 1 aromatic heterocycles. The van der Waals surface area contributed by atoms with Crippen LogP contribution >= 0.6 is 11.3 Å². The summed E-state index contributed by atoms with van der Waals surface area (Å²) in [4.78, 5) is 26.8. The monoisotopic (exact) mass is 441 g/mol. The van der Waals surface area contributed by atoms with Crippen molar-refractivity contribution in [1.29, 1.82) is 0 Å². The van der Waals surface area contributed by atoms with E-state index in [0.29, 0.717) is 0 Å². The Morgan fingerprint density at radius 2 is 1.87 bits per heavy atom. The van der Waals surface area contributed by atoms with Crippen LogP contribution in [0.25, 0.3) is 0 Å². The van der Waals surface area contributed by atoms with Gasteiger partial charge in [0.25, 0.3) is 0 Å². The molecule has 5 nitrogen and oxygen atoms in total. The highest BCUT2D eigenvalue weighted by molar-refractivity contribution is 7.08. The average Bonchev–Trinajstić information content (AvgIpc) is 3.30. The van der Waals surface area contributed by atoms with Crippen LogP contribution in [-0.2, 0) is 22.6 Å². The van der Waals surface area contributed by atoms with Gasteiger partial charge in [-0.05, 0) is 52.1 Å². The summed E-state index contributed by atoms with van der Waals surface area (Å²) in [5.41, 5.74) is 3.26. The van der Waals surface area contributed by atoms with Gasteiger partial charge in [0.15, 0.2) is 0 Å². The van der Waals surface area contributed by atoms with Gasteiger partial charge in [0, 0.05) is 25.7 Å². The first-order valence-electron chi connectivity index (χ1n) is 9.88. The lowest BCUT2D eigenvalue weighted by Gasteiger charge is -2.35. The number of amides is 2. The van der Waals surface area contributed by atoms with Crippen molar-refractivity contribution >= 4 is 28.8 Å². The molecule has 0 radical (unpaired) electrons. The molecule has 0 aliphatic carbocycles. The van der Waals surface area contributed by atoms with Gasteiger partial charge < -0.3 is 10.6 Å². The molecule has 1 aliphatic heterocycles. The van der Waals surface area contributed by atoms with Gasteiger partial charge >= 0.3 is 11.8 Å². The van der Waals surface area contributed by atoms with Crippen LogP contribution in [0.5, 0.6) is 0 Å². The highest BCUT2D eigenvalue weighted by Gasteiger charge is 2.26. The molecule has 0 spiro atoms. The number of thiophene rings is 1. The highest BCUT2D eigenvalue weighted by atomic mass is 32.1. The quantitative estimate of drug-likeness (QED) is 0.591. The molecule has 2 heterocycles. The largest absolute Gasteiger partial charge is 0.346 e. The second kappa shape index (κ2) is 9.36. The zero-order chi connectivity index (χ0) is 21.8. The molecule has 0 saturated carbocycles. The standard InChI is InChI=1S/C23H21F2N3O2S/c24-18-5-6-19(25)20(11-18)27-23(30)22(29)26-12-21(17-8-10-31-14-17)28-9-7-15-3-1-2-4-16(15)13-28/h1-6,8,10-11,14,21H,7,9,12-13H2,(H,26,29)(H,27,30)/t21-/m1/s1. The molecule has 2 amide bonds. The Bertz CT molecular complexity index is 1090. The van der Waals surface area contributed by atoms with Crippen molar-refractivity contribution in [3.05, 3.63) is 87.6 Å². The molecule has 0 bridgehead atoms. The molecule has 0 unspecified atom stereocenters. The third kappa shape index (κ3) is 4.98. The summed E-state index contributed by atoms with van der Waals surface area (Å²) in [6, 6.07) is 12.8. The number of carbonyl (C=O) groups is 2. The first-order chi connectivity index (χ1) is 15.0. The predicted octanol–water partition coefficient (Wildman–Crippen LogP) is 3.88. The van der Waals surface area contributed by atoms with E-state index in [1.54, 1.807) is 11.3 Å². The summed E-state index contributed by atoms with van der Waals surface area (Å²) in [5, 5.41) is 8.77. The number of hydrogen-bond acceptors (Lipinski definition) is 4. The van der Waals surface area contributed by atoms with E-state index in [-0.39, 0.29) is 18.3 Å². The molecule has 2 aromatic carbocycles. The number of anilines is 1. The number of nitrogens with one attached hydrogen (secondary N) is 2. The van der Waals surface area contributed by atoms with Crippen LogP contribution in [0.2, 0.25) is 0 Å². The van der Waals surface area contributed by atoms with E-state index in [9.17, 15) is 18.4 Å².